The standard InChI is InChI=1S/C27H26N2O4S/c1-5-19-16(3)34-26(24(19)27(31)33-6-2)29-25(30)21-15-23(17-11-13-18(32-4)14-12-17)28-22-10-8-7-9-20(21)22/h7-15H,5-6H2,1-4H3,(H,29,30). The van der Waals surface area contributed by atoms with Crippen LogP contribution < -0.4 is 10.1 Å². The number of benzene rings is 2. The summed E-state index contributed by atoms with van der Waals surface area (Å²) in [6.45, 7) is 5.97. The second kappa shape index (κ2) is 10.1. The van der Waals surface area contributed by atoms with Crippen molar-refractivity contribution in [3.05, 3.63) is 76.2 Å². The number of carbonyl (C=O) groups is 2. The molecule has 0 bridgehead atoms. The Morgan fingerprint density at radius 3 is 2.47 bits per heavy atom. The van der Waals surface area contributed by atoms with E-state index < -0.39 is 5.97 Å². The zero-order valence-corrected chi connectivity index (χ0v) is 20.4. The van der Waals surface area contributed by atoms with Crippen LogP contribution >= 0.6 is 11.3 Å². The van der Waals surface area contributed by atoms with Gasteiger partial charge in [-0.2, -0.15) is 0 Å². The number of ether oxygens (including phenoxy) is 2. The van der Waals surface area contributed by atoms with Gasteiger partial charge in [-0.25, -0.2) is 9.78 Å². The van der Waals surface area contributed by atoms with Crippen LogP contribution in [-0.4, -0.2) is 30.6 Å². The Morgan fingerprint density at radius 1 is 1.06 bits per heavy atom. The number of hydrogen-bond donors (Lipinski definition) is 1. The number of carbonyl (C=O) groups excluding carboxylic acids is 2. The number of nitrogens with zero attached hydrogens (tertiary/aromatic N) is 1. The highest BCUT2D eigenvalue weighted by molar-refractivity contribution is 7.16. The maximum Gasteiger partial charge on any atom is 0.341 e. The van der Waals surface area contributed by atoms with Gasteiger partial charge in [0.1, 0.15) is 10.8 Å². The van der Waals surface area contributed by atoms with Crippen LogP contribution in [0.15, 0.2) is 54.6 Å². The minimum absolute atomic E-state index is 0.268. The lowest BCUT2D eigenvalue weighted by Gasteiger charge is -2.12. The monoisotopic (exact) mass is 474 g/mol. The normalized spacial score (nSPS) is 10.8. The van der Waals surface area contributed by atoms with Crippen molar-refractivity contribution < 1.29 is 19.1 Å². The fourth-order valence-corrected chi connectivity index (χ4v) is 5.08. The summed E-state index contributed by atoms with van der Waals surface area (Å²) >= 11 is 1.39. The van der Waals surface area contributed by atoms with Crippen LogP contribution in [0.1, 0.15) is 45.0 Å². The number of fused-ring (bicyclic) bond motifs is 1. The lowest BCUT2D eigenvalue weighted by atomic mass is 10.0. The predicted octanol–water partition coefficient (Wildman–Crippen LogP) is 6.27. The highest BCUT2D eigenvalue weighted by Gasteiger charge is 2.24. The molecule has 4 aromatic rings. The number of amides is 1. The first-order valence-electron chi connectivity index (χ1n) is 11.1. The van der Waals surface area contributed by atoms with Crippen molar-refractivity contribution in [2.24, 2.45) is 0 Å². The highest BCUT2D eigenvalue weighted by Crippen LogP contribution is 2.35. The molecule has 6 nitrogen and oxygen atoms in total. The summed E-state index contributed by atoms with van der Waals surface area (Å²) < 4.78 is 10.5. The Kier molecular flexibility index (Phi) is 6.93. The first-order valence-corrected chi connectivity index (χ1v) is 11.9. The summed E-state index contributed by atoms with van der Waals surface area (Å²) in [4.78, 5) is 32.0. The number of nitrogens with one attached hydrogen (secondary N) is 1. The topological polar surface area (TPSA) is 77.5 Å². The van der Waals surface area contributed by atoms with Crippen LogP contribution in [0.2, 0.25) is 0 Å². The lowest BCUT2D eigenvalue weighted by molar-refractivity contribution is 0.0527. The molecule has 0 spiro atoms. The third kappa shape index (κ3) is 4.52. The number of anilines is 1. The molecule has 4 rings (SSSR count). The second-order valence-electron chi connectivity index (χ2n) is 7.67. The van der Waals surface area contributed by atoms with Crippen LogP contribution in [0.3, 0.4) is 0 Å². The Bertz CT molecular complexity index is 1360. The Hall–Kier alpha value is -3.71. The number of hydrogen-bond acceptors (Lipinski definition) is 6. The molecule has 1 amide bonds. The first kappa shape index (κ1) is 23.4. The van der Waals surface area contributed by atoms with Gasteiger partial charge in [-0.3, -0.25) is 4.79 Å². The summed E-state index contributed by atoms with van der Waals surface area (Å²) in [7, 11) is 1.62. The number of esters is 1. The molecule has 34 heavy (non-hydrogen) atoms. The van der Waals surface area contributed by atoms with E-state index in [-0.39, 0.29) is 12.5 Å². The van der Waals surface area contributed by atoms with Gasteiger partial charge in [0.25, 0.3) is 5.91 Å². The van der Waals surface area contributed by atoms with E-state index in [1.54, 1.807) is 20.1 Å². The van der Waals surface area contributed by atoms with Crippen molar-refractivity contribution in [2.45, 2.75) is 27.2 Å². The molecule has 0 atom stereocenters. The summed E-state index contributed by atoms with van der Waals surface area (Å²) in [6.07, 6.45) is 0.673. The van der Waals surface area contributed by atoms with Crippen molar-refractivity contribution in [1.29, 1.82) is 0 Å². The zero-order valence-electron chi connectivity index (χ0n) is 19.6. The van der Waals surface area contributed by atoms with Gasteiger partial charge in [0.2, 0.25) is 0 Å². The van der Waals surface area contributed by atoms with Gasteiger partial charge >= 0.3 is 5.97 Å². The van der Waals surface area contributed by atoms with Gasteiger partial charge in [0.15, 0.2) is 0 Å². The van der Waals surface area contributed by atoms with Crippen LogP contribution in [-0.2, 0) is 11.2 Å². The predicted molar refractivity (Wildman–Crippen MR) is 136 cm³/mol. The molecule has 0 unspecified atom stereocenters. The second-order valence-corrected chi connectivity index (χ2v) is 8.89. The fourth-order valence-electron chi connectivity index (χ4n) is 3.96. The van der Waals surface area contributed by atoms with E-state index in [0.717, 1.165) is 27.1 Å². The van der Waals surface area contributed by atoms with E-state index in [1.165, 1.54) is 11.3 Å². The molecule has 7 heteroatoms. The van der Waals surface area contributed by atoms with Crippen LogP contribution in [0.4, 0.5) is 5.00 Å². The SMILES string of the molecule is CCOC(=O)c1c(NC(=O)c2cc(-c3ccc(OC)cc3)nc3ccccc23)sc(C)c1CC. The van der Waals surface area contributed by atoms with Crippen LogP contribution in [0.5, 0.6) is 5.75 Å². The molecule has 174 valence electrons. The van der Waals surface area contributed by atoms with Gasteiger partial charge in [-0.05, 0) is 62.2 Å². The Morgan fingerprint density at radius 2 is 1.79 bits per heavy atom. The van der Waals surface area contributed by atoms with E-state index in [0.29, 0.717) is 33.8 Å². The molecule has 0 aliphatic carbocycles. The third-order valence-electron chi connectivity index (χ3n) is 5.62. The summed E-state index contributed by atoms with van der Waals surface area (Å²) in [6, 6.07) is 16.8. The largest absolute Gasteiger partial charge is 0.497 e. The number of rotatable bonds is 7. The molecule has 2 aromatic heterocycles. The molecule has 1 N–H and O–H groups in total. The minimum atomic E-state index is -0.419. The number of methoxy groups -OCH3 is 1. The molecule has 2 aromatic carbocycles. The van der Waals surface area contributed by atoms with Crippen molar-refractivity contribution in [2.75, 3.05) is 19.0 Å². The average molecular weight is 475 g/mol. The van der Waals surface area contributed by atoms with Gasteiger partial charge < -0.3 is 14.8 Å². The molecule has 0 radical (unpaired) electrons. The quantitative estimate of drug-likeness (QED) is 0.319. The zero-order chi connectivity index (χ0) is 24.2. The third-order valence-corrected chi connectivity index (χ3v) is 6.68. The van der Waals surface area contributed by atoms with Gasteiger partial charge in [-0.1, -0.05) is 25.1 Å². The molecule has 0 saturated carbocycles. The smallest absolute Gasteiger partial charge is 0.341 e. The molecule has 0 saturated heterocycles. The van der Waals surface area contributed by atoms with E-state index >= 15 is 0 Å². The van der Waals surface area contributed by atoms with E-state index in [9.17, 15) is 9.59 Å². The number of aryl methyl sites for hydroxylation is 1. The minimum Gasteiger partial charge on any atom is -0.497 e. The van der Waals surface area contributed by atoms with Crippen molar-refractivity contribution in [1.82, 2.24) is 4.98 Å². The van der Waals surface area contributed by atoms with Crippen LogP contribution in [0.25, 0.3) is 22.2 Å². The number of aromatic nitrogens is 1. The Balaban J connectivity index is 1.78. The van der Waals surface area contributed by atoms with Crippen molar-refractivity contribution in [3.8, 4) is 17.0 Å². The molecular weight excluding hydrogens is 448 g/mol. The Labute approximate surface area is 202 Å². The number of pyridine rings is 1. The molecule has 2 heterocycles. The van der Waals surface area contributed by atoms with E-state index in [1.807, 2.05) is 62.4 Å². The fraction of sp³-hybridized carbons (Fsp3) is 0.222. The van der Waals surface area contributed by atoms with Gasteiger partial charge in [-0.15, -0.1) is 11.3 Å². The van der Waals surface area contributed by atoms with Crippen LogP contribution in [0, 0.1) is 6.92 Å². The summed E-state index contributed by atoms with van der Waals surface area (Å²) in [5.41, 5.74) is 4.08. The first-order chi connectivity index (χ1) is 16.5. The molecule has 0 aliphatic rings. The van der Waals surface area contributed by atoms with E-state index in [4.69, 9.17) is 14.5 Å². The van der Waals surface area contributed by atoms with Gasteiger partial charge in [0, 0.05) is 15.8 Å². The number of para-hydroxylation sites is 1. The summed E-state index contributed by atoms with van der Waals surface area (Å²) in [5, 5.41) is 4.22. The van der Waals surface area contributed by atoms with Crippen molar-refractivity contribution >= 4 is 39.1 Å². The maximum atomic E-state index is 13.5. The summed E-state index contributed by atoms with van der Waals surface area (Å²) in [5.74, 6) is 0.0223. The lowest BCUT2D eigenvalue weighted by Crippen LogP contribution is -2.16. The molecule has 0 fully saturated rings. The highest BCUT2D eigenvalue weighted by atomic mass is 32.1. The average Bonchev–Trinajstić information content (AvgIpc) is 3.17. The molecular formula is C27H26N2O4S. The number of thiophene rings is 1. The molecule has 0 aliphatic heterocycles. The maximum absolute atomic E-state index is 13.5. The van der Waals surface area contributed by atoms with Crippen molar-refractivity contribution in [3.63, 3.8) is 0 Å². The van der Waals surface area contributed by atoms with E-state index in [2.05, 4.69) is 5.32 Å². The van der Waals surface area contributed by atoms with Gasteiger partial charge in [0.05, 0.1) is 36.1 Å².